The lowest BCUT2D eigenvalue weighted by Gasteiger charge is -2.14. The molecule has 0 saturated carbocycles. The molecule has 1 aromatic heterocycles. The fourth-order valence-electron chi connectivity index (χ4n) is 2.05. The van der Waals surface area contributed by atoms with Crippen molar-refractivity contribution < 1.29 is 13.6 Å². The number of carbonyl (C=O) groups excluding carboxylic acids is 1. The number of benzene rings is 1. The van der Waals surface area contributed by atoms with Gasteiger partial charge < -0.3 is 11.1 Å². The van der Waals surface area contributed by atoms with E-state index in [4.69, 9.17) is 5.73 Å². The number of nitrogens with zero attached hydrogens (tertiary/aromatic N) is 1. The van der Waals surface area contributed by atoms with Crippen LogP contribution in [0, 0.1) is 11.6 Å². The van der Waals surface area contributed by atoms with E-state index in [0.29, 0.717) is 21.5 Å². The van der Waals surface area contributed by atoms with Gasteiger partial charge in [0.1, 0.15) is 17.5 Å². The molecule has 1 heterocycles. The predicted molar refractivity (Wildman–Crippen MR) is 90.5 cm³/mol. The minimum atomic E-state index is -0.652. The molecule has 4 nitrogen and oxygen atoms in total. The smallest absolute Gasteiger partial charge is 0.222 e. The van der Waals surface area contributed by atoms with Gasteiger partial charge in [0.15, 0.2) is 0 Å². The summed E-state index contributed by atoms with van der Waals surface area (Å²) in [7, 11) is 0. The maximum Gasteiger partial charge on any atom is 0.222 e. The molecule has 0 aliphatic heterocycles. The van der Waals surface area contributed by atoms with Crippen molar-refractivity contribution in [1.29, 1.82) is 0 Å². The van der Waals surface area contributed by atoms with E-state index in [2.05, 4.69) is 26.2 Å². The molecular formula is C15H15BrClF2N3O. The molecule has 2 aromatic rings. The number of carbonyl (C=O) groups is 1. The molecule has 1 amide bonds. The van der Waals surface area contributed by atoms with E-state index in [1.165, 1.54) is 19.1 Å². The summed E-state index contributed by atoms with van der Waals surface area (Å²) >= 11 is 3.34. The Labute approximate surface area is 147 Å². The molecule has 1 unspecified atom stereocenters. The van der Waals surface area contributed by atoms with Gasteiger partial charge in [-0.1, -0.05) is 0 Å². The second-order valence-corrected chi connectivity index (χ2v) is 5.69. The number of hydrogen-bond donors (Lipinski definition) is 2. The van der Waals surface area contributed by atoms with Crippen molar-refractivity contribution in [3.8, 4) is 0 Å². The summed E-state index contributed by atoms with van der Waals surface area (Å²) in [5.41, 5.74) is 7.01. The number of nitrogens with one attached hydrogen (secondary N) is 1. The molecule has 1 atom stereocenters. The van der Waals surface area contributed by atoms with Crippen LogP contribution in [0.3, 0.4) is 0 Å². The van der Waals surface area contributed by atoms with Crippen molar-refractivity contribution in [2.75, 3.05) is 5.32 Å². The highest BCUT2D eigenvalue weighted by molar-refractivity contribution is 9.10. The quantitative estimate of drug-likeness (QED) is 0.813. The van der Waals surface area contributed by atoms with Gasteiger partial charge >= 0.3 is 0 Å². The fourth-order valence-corrected chi connectivity index (χ4v) is 2.56. The van der Waals surface area contributed by atoms with Gasteiger partial charge in [0.05, 0.1) is 11.7 Å². The Morgan fingerprint density at radius 2 is 1.91 bits per heavy atom. The third-order valence-corrected chi connectivity index (χ3v) is 3.58. The zero-order valence-corrected chi connectivity index (χ0v) is 14.5. The lowest BCUT2D eigenvalue weighted by Crippen LogP contribution is -2.17. The fraction of sp³-hybridized carbons (Fsp3) is 0.200. The summed E-state index contributed by atoms with van der Waals surface area (Å²) in [6.07, 6.45) is 0.212. The first-order chi connectivity index (χ1) is 10.3. The zero-order valence-electron chi connectivity index (χ0n) is 12.1. The first kappa shape index (κ1) is 19.5. The highest BCUT2D eigenvalue weighted by atomic mass is 79.9. The van der Waals surface area contributed by atoms with Crippen LogP contribution in [0.4, 0.5) is 14.6 Å². The molecule has 124 valence electrons. The molecule has 0 spiro atoms. The molecule has 8 heteroatoms. The Bertz CT molecular complexity index is 695. The van der Waals surface area contributed by atoms with Crippen LogP contribution in [-0.4, -0.2) is 10.9 Å². The van der Waals surface area contributed by atoms with Gasteiger partial charge in [-0.3, -0.25) is 4.79 Å². The number of hydrogen-bond acceptors (Lipinski definition) is 3. The van der Waals surface area contributed by atoms with Crippen LogP contribution < -0.4 is 11.1 Å². The number of nitrogens with two attached hydrogens (primary N) is 1. The predicted octanol–water partition coefficient (Wildman–Crippen LogP) is 3.75. The van der Waals surface area contributed by atoms with E-state index in [1.54, 1.807) is 12.1 Å². The molecule has 1 aromatic carbocycles. The minimum Gasteiger partial charge on any atom is -0.322 e. The summed E-state index contributed by atoms with van der Waals surface area (Å²) in [6.45, 7) is 1.37. The molecule has 0 saturated heterocycles. The van der Waals surface area contributed by atoms with Crippen LogP contribution in [0.5, 0.6) is 0 Å². The summed E-state index contributed by atoms with van der Waals surface area (Å²) in [5.74, 6) is -1.18. The number of pyridine rings is 1. The molecule has 0 aliphatic carbocycles. The van der Waals surface area contributed by atoms with Gasteiger partial charge in [-0.05, 0) is 52.2 Å². The van der Waals surface area contributed by atoms with E-state index in [9.17, 15) is 13.6 Å². The summed E-state index contributed by atoms with van der Waals surface area (Å²) in [6, 6.07) is 6.02. The minimum absolute atomic E-state index is 0. The van der Waals surface area contributed by atoms with Gasteiger partial charge in [-0.15, -0.1) is 12.4 Å². The number of aromatic nitrogens is 1. The average molecular weight is 407 g/mol. The largest absolute Gasteiger partial charge is 0.322 e. The van der Waals surface area contributed by atoms with Crippen molar-refractivity contribution >= 4 is 40.1 Å². The SMILES string of the molecule is CC(=O)Nc1ccc(Br)c(C(N)Cc2cc(F)cc(F)c2)n1.Cl. The van der Waals surface area contributed by atoms with E-state index >= 15 is 0 Å². The van der Waals surface area contributed by atoms with Crippen LogP contribution in [0.1, 0.15) is 24.2 Å². The number of amides is 1. The molecule has 3 N–H and O–H groups in total. The maximum absolute atomic E-state index is 13.2. The first-order valence-electron chi connectivity index (χ1n) is 6.49. The molecular weight excluding hydrogens is 392 g/mol. The molecule has 2 rings (SSSR count). The van der Waals surface area contributed by atoms with Gasteiger partial charge in [0, 0.05) is 17.5 Å². The van der Waals surface area contributed by atoms with Crippen LogP contribution in [0.15, 0.2) is 34.8 Å². The summed E-state index contributed by atoms with van der Waals surface area (Å²) < 4.78 is 27.1. The molecule has 23 heavy (non-hydrogen) atoms. The second-order valence-electron chi connectivity index (χ2n) is 4.83. The highest BCUT2D eigenvalue weighted by Crippen LogP contribution is 2.25. The maximum atomic E-state index is 13.2. The average Bonchev–Trinajstić information content (AvgIpc) is 2.39. The first-order valence-corrected chi connectivity index (χ1v) is 7.29. The van der Waals surface area contributed by atoms with Crippen molar-refractivity contribution in [3.05, 3.63) is 57.7 Å². The van der Waals surface area contributed by atoms with Crippen molar-refractivity contribution in [2.24, 2.45) is 5.73 Å². The lowest BCUT2D eigenvalue weighted by molar-refractivity contribution is -0.114. The van der Waals surface area contributed by atoms with Crippen molar-refractivity contribution in [2.45, 2.75) is 19.4 Å². The Morgan fingerprint density at radius 1 is 1.30 bits per heavy atom. The van der Waals surface area contributed by atoms with E-state index in [1.807, 2.05) is 0 Å². The molecule has 0 radical (unpaired) electrons. The Hall–Kier alpha value is -1.57. The highest BCUT2D eigenvalue weighted by Gasteiger charge is 2.15. The summed E-state index contributed by atoms with van der Waals surface area (Å²) in [5, 5.41) is 2.56. The monoisotopic (exact) mass is 405 g/mol. The Balaban J connectivity index is 0.00000264. The van der Waals surface area contributed by atoms with Gasteiger partial charge in [-0.25, -0.2) is 13.8 Å². The lowest BCUT2D eigenvalue weighted by atomic mass is 10.0. The summed E-state index contributed by atoms with van der Waals surface area (Å²) in [4.78, 5) is 15.3. The van der Waals surface area contributed by atoms with E-state index in [-0.39, 0.29) is 24.7 Å². The third-order valence-electron chi connectivity index (χ3n) is 2.91. The Kier molecular flexibility index (Phi) is 7.05. The molecule has 0 fully saturated rings. The standard InChI is InChI=1S/C15H14BrF2N3O.ClH/c1-8(22)20-14-3-2-12(16)15(21-14)13(19)6-9-4-10(17)7-11(18)5-9;/h2-5,7,13H,6,19H2,1H3,(H,20,21,22);1H. The van der Waals surface area contributed by atoms with Crippen LogP contribution in [0.2, 0.25) is 0 Å². The zero-order chi connectivity index (χ0) is 16.3. The normalized spacial score (nSPS) is 11.5. The molecule has 0 aliphatic rings. The van der Waals surface area contributed by atoms with E-state index in [0.717, 1.165) is 6.07 Å². The van der Waals surface area contributed by atoms with Crippen LogP contribution in [-0.2, 0) is 11.2 Å². The second kappa shape index (κ2) is 8.33. The van der Waals surface area contributed by atoms with Crippen molar-refractivity contribution in [3.63, 3.8) is 0 Å². The van der Waals surface area contributed by atoms with Gasteiger partial charge in [-0.2, -0.15) is 0 Å². The Morgan fingerprint density at radius 3 is 2.48 bits per heavy atom. The number of anilines is 1. The van der Waals surface area contributed by atoms with Crippen LogP contribution in [0.25, 0.3) is 0 Å². The van der Waals surface area contributed by atoms with E-state index < -0.39 is 17.7 Å². The van der Waals surface area contributed by atoms with Crippen molar-refractivity contribution in [1.82, 2.24) is 4.98 Å². The number of rotatable bonds is 4. The van der Waals surface area contributed by atoms with Gasteiger partial charge in [0.2, 0.25) is 5.91 Å². The topological polar surface area (TPSA) is 68.0 Å². The van der Waals surface area contributed by atoms with Crippen LogP contribution >= 0.6 is 28.3 Å². The number of halogens is 4. The third kappa shape index (κ3) is 5.53. The van der Waals surface area contributed by atoms with Gasteiger partial charge in [0.25, 0.3) is 0 Å². The molecule has 0 bridgehead atoms.